The largest absolute Gasteiger partial charge is 0.493 e. The van der Waals surface area contributed by atoms with E-state index in [1.807, 2.05) is 60.4 Å². The van der Waals surface area contributed by atoms with E-state index in [-0.39, 0.29) is 11.8 Å². The Kier molecular flexibility index (Phi) is 6.47. The first kappa shape index (κ1) is 19.0. The van der Waals surface area contributed by atoms with Crippen molar-refractivity contribution < 1.29 is 14.3 Å². The molecule has 1 aliphatic heterocycles. The predicted octanol–water partition coefficient (Wildman–Crippen LogP) is 3.78. The first-order valence-corrected chi connectivity index (χ1v) is 9.53. The van der Waals surface area contributed by atoms with E-state index >= 15 is 0 Å². The zero-order valence-electron chi connectivity index (χ0n) is 15.7. The van der Waals surface area contributed by atoms with E-state index in [2.05, 4.69) is 5.32 Å². The second kappa shape index (κ2) is 9.21. The van der Waals surface area contributed by atoms with Crippen molar-refractivity contribution in [3.63, 3.8) is 0 Å². The Balaban J connectivity index is 1.48. The Morgan fingerprint density at radius 1 is 1.11 bits per heavy atom. The van der Waals surface area contributed by atoms with E-state index in [9.17, 15) is 9.59 Å². The standard InChI is InChI=1S/C22H26N2O3/c1-2-24(16-17-8-4-3-5-9-17)22(26)12-7-15-27-20-11-6-10-19-18(20)13-14-21(25)23-19/h3-6,8-11H,2,7,12-16H2,1H3,(H,23,25). The Morgan fingerprint density at radius 2 is 1.93 bits per heavy atom. The summed E-state index contributed by atoms with van der Waals surface area (Å²) < 4.78 is 5.90. The molecule has 3 rings (SSSR count). The highest BCUT2D eigenvalue weighted by Crippen LogP contribution is 2.31. The number of ether oxygens (including phenoxy) is 1. The minimum atomic E-state index is 0.0447. The Labute approximate surface area is 160 Å². The van der Waals surface area contributed by atoms with Crippen LogP contribution in [0.15, 0.2) is 48.5 Å². The highest BCUT2D eigenvalue weighted by molar-refractivity contribution is 5.94. The van der Waals surface area contributed by atoms with E-state index in [0.29, 0.717) is 45.4 Å². The van der Waals surface area contributed by atoms with Gasteiger partial charge >= 0.3 is 0 Å². The van der Waals surface area contributed by atoms with Crippen LogP contribution in [0.1, 0.15) is 37.3 Å². The highest BCUT2D eigenvalue weighted by atomic mass is 16.5. The fraction of sp³-hybridized carbons (Fsp3) is 0.364. The van der Waals surface area contributed by atoms with Crippen molar-refractivity contribution in [1.29, 1.82) is 0 Å². The van der Waals surface area contributed by atoms with Crippen LogP contribution in [-0.4, -0.2) is 29.9 Å². The lowest BCUT2D eigenvalue weighted by Gasteiger charge is -2.22. The SMILES string of the molecule is CCN(Cc1ccccc1)C(=O)CCCOc1cccc2c1CCC(=O)N2. The molecule has 0 saturated carbocycles. The number of hydrogen-bond donors (Lipinski definition) is 1. The van der Waals surface area contributed by atoms with Gasteiger partial charge < -0.3 is 15.0 Å². The van der Waals surface area contributed by atoms with Gasteiger partial charge in [0.2, 0.25) is 11.8 Å². The molecule has 0 fully saturated rings. The third kappa shape index (κ3) is 5.09. The monoisotopic (exact) mass is 366 g/mol. The molecule has 0 spiro atoms. The van der Waals surface area contributed by atoms with Gasteiger partial charge in [-0.15, -0.1) is 0 Å². The molecule has 0 atom stereocenters. The van der Waals surface area contributed by atoms with Crippen molar-refractivity contribution in [2.24, 2.45) is 0 Å². The fourth-order valence-corrected chi connectivity index (χ4v) is 3.27. The number of carbonyl (C=O) groups excluding carboxylic acids is 2. The maximum absolute atomic E-state index is 12.5. The molecular weight excluding hydrogens is 340 g/mol. The van der Waals surface area contributed by atoms with Gasteiger partial charge in [0.05, 0.1) is 6.61 Å². The molecule has 27 heavy (non-hydrogen) atoms. The molecule has 0 radical (unpaired) electrons. The van der Waals surface area contributed by atoms with Gasteiger partial charge in [0.25, 0.3) is 0 Å². The summed E-state index contributed by atoms with van der Waals surface area (Å²) in [5, 5.41) is 2.87. The number of nitrogens with one attached hydrogen (secondary N) is 1. The van der Waals surface area contributed by atoms with E-state index in [1.54, 1.807) is 0 Å². The average Bonchev–Trinajstić information content (AvgIpc) is 2.69. The molecule has 0 bridgehead atoms. The zero-order chi connectivity index (χ0) is 19.1. The number of carbonyl (C=O) groups is 2. The van der Waals surface area contributed by atoms with Gasteiger partial charge in [0, 0.05) is 37.2 Å². The molecule has 1 N–H and O–H groups in total. The summed E-state index contributed by atoms with van der Waals surface area (Å²) in [5.74, 6) is 0.993. The Bertz CT molecular complexity index is 789. The molecule has 0 aliphatic carbocycles. The Hall–Kier alpha value is -2.82. The van der Waals surface area contributed by atoms with Crippen LogP contribution in [0.3, 0.4) is 0 Å². The normalized spacial score (nSPS) is 12.9. The lowest BCUT2D eigenvalue weighted by atomic mass is 10.0. The van der Waals surface area contributed by atoms with Crippen LogP contribution in [0.2, 0.25) is 0 Å². The van der Waals surface area contributed by atoms with Crippen LogP contribution in [0, 0.1) is 0 Å². The third-order valence-electron chi connectivity index (χ3n) is 4.75. The average molecular weight is 366 g/mol. The first-order chi connectivity index (χ1) is 13.2. The van der Waals surface area contributed by atoms with Gasteiger partial charge in [0.15, 0.2) is 0 Å². The van der Waals surface area contributed by atoms with Crippen LogP contribution in [0.4, 0.5) is 5.69 Å². The van der Waals surface area contributed by atoms with Crippen LogP contribution >= 0.6 is 0 Å². The van der Waals surface area contributed by atoms with Crippen LogP contribution in [0.25, 0.3) is 0 Å². The summed E-state index contributed by atoms with van der Waals surface area (Å²) in [6.07, 6.45) is 2.31. The molecule has 0 unspecified atom stereocenters. The lowest BCUT2D eigenvalue weighted by molar-refractivity contribution is -0.131. The molecule has 5 nitrogen and oxygen atoms in total. The smallest absolute Gasteiger partial charge is 0.224 e. The molecule has 0 aromatic heterocycles. The summed E-state index contributed by atoms with van der Waals surface area (Å²) >= 11 is 0. The van der Waals surface area contributed by atoms with Crippen molar-refractivity contribution in [3.8, 4) is 5.75 Å². The van der Waals surface area contributed by atoms with Gasteiger partial charge in [-0.2, -0.15) is 0 Å². The number of nitrogens with zero attached hydrogens (tertiary/aromatic N) is 1. The summed E-state index contributed by atoms with van der Waals surface area (Å²) in [6, 6.07) is 15.7. The minimum absolute atomic E-state index is 0.0447. The first-order valence-electron chi connectivity index (χ1n) is 9.53. The van der Waals surface area contributed by atoms with E-state index in [4.69, 9.17) is 4.74 Å². The highest BCUT2D eigenvalue weighted by Gasteiger charge is 2.18. The molecule has 2 amide bonds. The Morgan fingerprint density at radius 3 is 2.70 bits per heavy atom. The molecule has 2 aromatic carbocycles. The topological polar surface area (TPSA) is 58.6 Å². The molecule has 0 saturated heterocycles. The molecule has 1 aliphatic rings. The van der Waals surface area contributed by atoms with Gasteiger partial charge in [0.1, 0.15) is 5.75 Å². The number of amides is 2. The van der Waals surface area contributed by atoms with Crippen molar-refractivity contribution in [2.75, 3.05) is 18.5 Å². The maximum atomic E-state index is 12.5. The van der Waals surface area contributed by atoms with E-state index < -0.39 is 0 Å². The third-order valence-corrected chi connectivity index (χ3v) is 4.75. The predicted molar refractivity (Wildman–Crippen MR) is 106 cm³/mol. The molecule has 2 aromatic rings. The minimum Gasteiger partial charge on any atom is -0.493 e. The number of hydrogen-bond acceptors (Lipinski definition) is 3. The zero-order valence-corrected chi connectivity index (χ0v) is 15.7. The molecular formula is C22H26N2O3. The summed E-state index contributed by atoms with van der Waals surface area (Å²) in [6.45, 7) is 3.82. The number of rotatable bonds is 8. The van der Waals surface area contributed by atoms with Crippen LogP contribution in [0.5, 0.6) is 5.75 Å². The van der Waals surface area contributed by atoms with E-state index in [0.717, 1.165) is 22.6 Å². The van der Waals surface area contributed by atoms with Crippen LogP contribution in [-0.2, 0) is 22.6 Å². The quantitative estimate of drug-likeness (QED) is 0.724. The van der Waals surface area contributed by atoms with E-state index in [1.165, 1.54) is 0 Å². The summed E-state index contributed by atoms with van der Waals surface area (Å²) in [4.78, 5) is 25.9. The second-order valence-corrected chi connectivity index (χ2v) is 6.68. The number of fused-ring (bicyclic) bond motifs is 1. The van der Waals surface area contributed by atoms with Crippen molar-refractivity contribution in [1.82, 2.24) is 4.90 Å². The van der Waals surface area contributed by atoms with Gasteiger partial charge in [-0.3, -0.25) is 9.59 Å². The maximum Gasteiger partial charge on any atom is 0.224 e. The molecule has 1 heterocycles. The number of anilines is 1. The van der Waals surface area contributed by atoms with Crippen LogP contribution < -0.4 is 10.1 Å². The second-order valence-electron chi connectivity index (χ2n) is 6.68. The van der Waals surface area contributed by atoms with Gasteiger partial charge in [-0.25, -0.2) is 0 Å². The lowest BCUT2D eigenvalue weighted by Crippen LogP contribution is -2.30. The van der Waals surface area contributed by atoms with Gasteiger partial charge in [-0.05, 0) is 37.5 Å². The van der Waals surface area contributed by atoms with Crippen molar-refractivity contribution in [3.05, 3.63) is 59.7 Å². The molecule has 142 valence electrons. The number of benzene rings is 2. The van der Waals surface area contributed by atoms with Gasteiger partial charge in [-0.1, -0.05) is 36.4 Å². The van der Waals surface area contributed by atoms with Crippen molar-refractivity contribution in [2.45, 2.75) is 39.2 Å². The molecule has 5 heteroatoms. The summed E-state index contributed by atoms with van der Waals surface area (Å²) in [5.41, 5.74) is 3.02. The summed E-state index contributed by atoms with van der Waals surface area (Å²) in [7, 11) is 0. The fourth-order valence-electron chi connectivity index (χ4n) is 3.27. The van der Waals surface area contributed by atoms with Crippen molar-refractivity contribution >= 4 is 17.5 Å².